The largest absolute Gasteiger partial charge is 0.384 e. The van der Waals surface area contributed by atoms with Gasteiger partial charge in [0.1, 0.15) is 0 Å². The summed E-state index contributed by atoms with van der Waals surface area (Å²) in [6.07, 6.45) is 0.881. The third kappa shape index (κ3) is 4.44. The first-order chi connectivity index (χ1) is 10.4. The predicted molar refractivity (Wildman–Crippen MR) is 93.3 cm³/mol. The summed E-state index contributed by atoms with van der Waals surface area (Å²) < 4.78 is 5.66. The van der Waals surface area contributed by atoms with Crippen molar-refractivity contribution < 1.29 is 14.3 Å². The van der Waals surface area contributed by atoms with Gasteiger partial charge in [0.25, 0.3) is 11.8 Å². The fourth-order valence-electron chi connectivity index (χ4n) is 2.20. The Morgan fingerprint density at radius 3 is 2.18 bits per heavy atom. The number of carbonyl (C=O) groups excluding carboxylic acids is 2. The van der Waals surface area contributed by atoms with E-state index in [1.807, 2.05) is 0 Å². The van der Waals surface area contributed by atoms with Crippen molar-refractivity contribution in [3.05, 3.63) is 35.4 Å². The van der Waals surface area contributed by atoms with Gasteiger partial charge in [-0.3, -0.25) is 14.5 Å². The van der Waals surface area contributed by atoms with E-state index < -0.39 is 8.07 Å². The quantitative estimate of drug-likeness (QED) is 0.416. The van der Waals surface area contributed by atoms with E-state index in [0.29, 0.717) is 17.7 Å². The monoisotopic (exact) mass is 337 g/mol. The average Bonchev–Trinajstić information content (AvgIpc) is 2.70. The molecule has 0 bridgehead atoms. The molecule has 4 nitrogen and oxygen atoms in total. The molecular formula is C16H23NO3SSi. The number of thioether (sulfide) groups is 1. The molecule has 120 valence electrons. The zero-order valence-corrected chi connectivity index (χ0v) is 15.2. The van der Waals surface area contributed by atoms with Crippen LogP contribution < -0.4 is 0 Å². The SMILES string of the molecule is C[Si](C)(C)COCCSCCN1C(=O)c2ccccc2C1=O. The molecule has 0 spiro atoms. The Morgan fingerprint density at radius 2 is 1.64 bits per heavy atom. The Kier molecular flexibility index (Phi) is 5.83. The van der Waals surface area contributed by atoms with Crippen molar-refractivity contribution in [2.45, 2.75) is 19.6 Å². The van der Waals surface area contributed by atoms with Gasteiger partial charge in [-0.25, -0.2) is 0 Å². The molecule has 0 N–H and O–H groups in total. The van der Waals surface area contributed by atoms with Gasteiger partial charge in [-0.2, -0.15) is 11.8 Å². The van der Waals surface area contributed by atoms with Crippen molar-refractivity contribution in [2.24, 2.45) is 0 Å². The van der Waals surface area contributed by atoms with E-state index in [-0.39, 0.29) is 11.8 Å². The second kappa shape index (κ2) is 7.44. The number of amides is 2. The molecule has 0 aromatic heterocycles. The first-order valence-corrected chi connectivity index (χ1v) is 12.4. The van der Waals surface area contributed by atoms with Crippen LogP contribution in [-0.2, 0) is 4.74 Å². The van der Waals surface area contributed by atoms with Crippen LogP contribution in [-0.4, -0.2) is 55.7 Å². The highest BCUT2D eigenvalue weighted by molar-refractivity contribution is 7.99. The summed E-state index contributed by atoms with van der Waals surface area (Å²) in [5, 5.41) is 0. The van der Waals surface area contributed by atoms with Crippen LogP contribution in [0.1, 0.15) is 20.7 Å². The van der Waals surface area contributed by atoms with Gasteiger partial charge in [-0.15, -0.1) is 0 Å². The summed E-state index contributed by atoms with van der Waals surface area (Å²) in [5.74, 6) is 1.31. The van der Waals surface area contributed by atoms with E-state index in [1.165, 1.54) is 4.90 Å². The van der Waals surface area contributed by atoms with E-state index in [1.54, 1.807) is 36.0 Å². The second-order valence-corrected chi connectivity index (χ2v) is 13.2. The van der Waals surface area contributed by atoms with Crippen molar-refractivity contribution in [3.63, 3.8) is 0 Å². The van der Waals surface area contributed by atoms with E-state index >= 15 is 0 Å². The van der Waals surface area contributed by atoms with Gasteiger partial charge in [-0.05, 0) is 12.1 Å². The summed E-state index contributed by atoms with van der Waals surface area (Å²) in [4.78, 5) is 25.7. The summed E-state index contributed by atoms with van der Waals surface area (Å²) >= 11 is 1.72. The number of fused-ring (bicyclic) bond motifs is 1. The van der Waals surface area contributed by atoms with E-state index in [9.17, 15) is 9.59 Å². The Hall–Kier alpha value is -1.11. The Labute approximate surface area is 137 Å². The number of imide groups is 1. The highest BCUT2D eigenvalue weighted by atomic mass is 32.2. The molecule has 1 heterocycles. The third-order valence-corrected chi connectivity index (χ3v) is 5.24. The highest BCUT2D eigenvalue weighted by Gasteiger charge is 2.34. The molecule has 6 heteroatoms. The van der Waals surface area contributed by atoms with E-state index in [0.717, 1.165) is 24.3 Å². The highest BCUT2D eigenvalue weighted by Crippen LogP contribution is 2.22. The molecule has 1 aromatic carbocycles. The minimum atomic E-state index is -1.13. The number of rotatable bonds is 8. The van der Waals surface area contributed by atoms with Crippen molar-refractivity contribution >= 4 is 31.7 Å². The van der Waals surface area contributed by atoms with Crippen LogP contribution in [0.25, 0.3) is 0 Å². The number of nitrogens with zero attached hydrogens (tertiary/aromatic N) is 1. The number of hydrogen-bond donors (Lipinski definition) is 0. The maximum absolute atomic E-state index is 12.2. The van der Waals surface area contributed by atoms with Gasteiger partial charge in [0, 0.05) is 24.3 Å². The van der Waals surface area contributed by atoms with Crippen LogP contribution in [0.15, 0.2) is 24.3 Å². The normalized spacial score (nSPS) is 14.6. The van der Waals surface area contributed by atoms with Crippen molar-refractivity contribution in [1.29, 1.82) is 0 Å². The van der Waals surface area contributed by atoms with E-state index in [4.69, 9.17) is 4.74 Å². The molecular weight excluding hydrogens is 314 g/mol. The first-order valence-electron chi connectivity index (χ1n) is 7.51. The molecule has 1 aliphatic heterocycles. The zero-order valence-electron chi connectivity index (χ0n) is 13.4. The molecule has 2 amide bonds. The first kappa shape index (κ1) is 17.2. The summed E-state index contributed by atoms with van der Waals surface area (Å²) in [6.45, 7) is 8.04. The van der Waals surface area contributed by atoms with Gasteiger partial charge < -0.3 is 4.74 Å². The van der Waals surface area contributed by atoms with Gasteiger partial charge in [0.2, 0.25) is 0 Å². The van der Waals surface area contributed by atoms with Crippen molar-refractivity contribution in [3.8, 4) is 0 Å². The second-order valence-electron chi connectivity index (χ2n) is 6.53. The number of ether oxygens (including phenoxy) is 1. The maximum atomic E-state index is 12.2. The fraction of sp³-hybridized carbons (Fsp3) is 0.500. The molecule has 0 aliphatic carbocycles. The lowest BCUT2D eigenvalue weighted by Crippen LogP contribution is -2.32. The molecule has 2 rings (SSSR count). The molecule has 0 atom stereocenters. The summed E-state index contributed by atoms with van der Waals surface area (Å²) in [6, 6.07) is 7.01. The minimum absolute atomic E-state index is 0.170. The van der Waals surface area contributed by atoms with Crippen molar-refractivity contribution in [1.82, 2.24) is 4.90 Å². The van der Waals surface area contributed by atoms with Crippen LogP contribution >= 0.6 is 11.8 Å². The lowest BCUT2D eigenvalue weighted by atomic mass is 10.1. The number of hydrogen-bond acceptors (Lipinski definition) is 4. The molecule has 0 saturated heterocycles. The molecule has 1 aliphatic rings. The lowest BCUT2D eigenvalue weighted by Gasteiger charge is -2.16. The van der Waals surface area contributed by atoms with Gasteiger partial charge in [-0.1, -0.05) is 31.8 Å². The molecule has 0 unspecified atom stereocenters. The number of benzene rings is 1. The smallest absolute Gasteiger partial charge is 0.261 e. The average molecular weight is 338 g/mol. The van der Waals surface area contributed by atoms with Crippen LogP contribution in [0.5, 0.6) is 0 Å². The lowest BCUT2D eigenvalue weighted by molar-refractivity contribution is 0.0664. The molecule has 0 radical (unpaired) electrons. The maximum Gasteiger partial charge on any atom is 0.261 e. The molecule has 0 fully saturated rings. The fourth-order valence-corrected chi connectivity index (χ4v) is 3.70. The van der Waals surface area contributed by atoms with Gasteiger partial charge >= 0.3 is 0 Å². The molecule has 22 heavy (non-hydrogen) atoms. The molecule has 1 aromatic rings. The predicted octanol–water partition coefficient (Wildman–Crippen LogP) is 2.91. The zero-order chi connectivity index (χ0) is 16.2. The van der Waals surface area contributed by atoms with E-state index in [2.05, 4.69) is 19.6 Å². The Morgan fingerprint density at radius 1 is 1.05 bits per heavy atom. The summed E-state index contributed by atoms with van der Waals surface area (Å²) in [7, 11) is -1.13. The minimum Gasteiger partial charge on any atom is -0.384 e. The van der Waals surface area contributed by atoms with Crippen LogP contribution in [0, 0.1) is 0 Å². The van der Waals surface area contributed by atoms with Gasteiger partial charge in [0.15, 0.2) is 0 Å². The Balaban J connectivity index is 1.69. The van der Waals surface area contributed by atoms with Crippen LogP contribution in [0.2, 0.25) is 19.6 Å². The third-order valence-electron chi connectivity index (χ3n) is 3.24. The van der Waals surface area contributed by atoms with Gasteiger partial charge in [0.05, 0.1) is 25.8 Å². The Bertz CT molecular complexity index is 522. The number of carbonyl (C=O) groups is 2. The summed E-state index contributed by atoms with van der Waals surface area (Å²) in [5.41, 5.74) is 1.05. The topological polar surface area (TPSA) is 46.6 Å². The van der Waals surface area contributed by atoms with Crippen LogP contribution in [0.3, 0.4) is 0 Å². The standard InChI is InChI=1S/C16H23NO3SSi/c1-22(2,3)12-20-9-11-21-10-8-17-15(18)13-6-4-5-7-14(13)16(17)19/h4-7H,8-12H2,1-3H3. The van der Waals surface area contributed by atoms with Crippen molar-refractivity contribution in [2.75, 3.05) is 30.9 Å². The van der Waals surface area contributed by atoms with Crippen LogP contribution in [0.4, 0.5) is 0 Å². The molecule has 0 saturated carbocycles.